The molecule has 1 aromatic rings. The smallest absolute Gasteiger partial charge is 0.310 e. The largest absolute Gasteiger partial charge is 0.466 e. The first-order valence-electron chi connectivity index (χ1n) is 5.04. The number of carbonyl (C=O) groups is 1. The first-order valence-corrected chi connectivity index (χ1v) is 5.84. The maximum absolute atomic E-state index is 11.3. The summed E-state index contributed by atoms with van der Waals surface area (Å²) in [6.07, 6.45) is 0.116. The van der Waals surface area contributed by atoms with Crippen molar-refractivity contribution in [3.05, 3.63) is 37.8 Å². The highest BCUT2D eigenvalue weighted by atomic mass is 79.9. The van der Waals surface area contributed by atoms with Crippen LogP contribution in [0, 0.1) is 17.0 Å². The average Bonchev–Trinajstić information content (AvgIpc) is 2.15. The van der Waals surface area contributed by atoms with Gasteiger partial charge in [0.15, 0.2) is 0 Å². The molecule has 0 bridgehead atoms. The molecular formula is C11H12BrNO4. The number of halogens is 1. The third kappa shape index (κ3) is 3.52. The van der Waals surface area contributed by atoms with Crippen molar-refractivity contribution in [2.24, 2.45) is 0 Å². The summed E-state index contributed by atoms with van der Waals surface area (Å²) in [5.74, 6) is -0.340. The molecule has 0 atom stereocenters. The van der Waals surface area contributed by atoms with Crippen molar-refractivity contribution in [3.63, 3.8) is 0 Å². The number of nitro groups is 1. The lowest BCUT2D eigenvalue weighted by atomic mass is 10.1. The molecule has 0 aliphatic rings. The minimum absolute atomic E-state index is 0.0256. The quantitative estimate of drug-likeness (QED) is 0.487. The van der Waals surface area contributed by atoms with Gasteiger partial charge >= 0.3 is 5.97 Å². The summed E-state index contributed by atoms with van der Waals surface area (Å²) in [6.45, 7) is 3.69. The van der Waals surface area contributed by atoms with Gasteiger partial charge in [-0.25, -0.2) is 0 Å². The number of nitrogens with zero attached hydrogens (tertiary/aromatic N) is 1. The van der Waals surface area contributed by atoms with Crippen molar-refractivity contribution in [2.45, 2.75) is 20.3 Å². The van der Waals surface area contributed by atoms with Crippen LogP contribution in [0.1, 0.15) is 18.1 Å². The van der Waals surface area contributed by atoms with Crippen LogP contribution >= 0.6 is 15.9 Å². The Morgan fingerprint density at radius 3 is 2.65 bits per heavy atom. The molecule has 0 fully saturated rings. The lowest BCUT2D eigenvalue weighted by molar-refractivity contribution is -0.386. The van der Waals surface area contributed by atoms with E-state index in [1.165, 1.54) is 0 Å². The Morgan fingerprint density at radius 1 is 1.53 bits per heavy atom. The molecule has 0 N–H and O–H groups in total. The van der Waals surface area contributed by atoms with E-state index in [4.69, 9.17) is 4.74 Å². The minimum atomic E-state index is -0.451. The third-order valence-corrected chi connectivity index (χ3v) is 2.75. The molecule has 6 heteroatoms. The van der Waals surface area contributed by atoms with E-state index in [2.05, 4.69) is 15.9 Å². The SMILES string of the molecule is CCOC(=O)Cc1cc(C)c([N+](=O)[O-])c(Br)c1. The lowest BCUT2D eigenvalue weighted by Crippen LogP contribution is -2.08. The van der Waals surface area contributed by atoms with E-state index in [1.807, 2.05) is 0 Å². The number of aryl methyl sites for hydroxylation is 1. The van der Waals surface area contributed by atoms with Crippen molar-refractivity contribution in [1.82, 2.24) is 0 Å². The number of ether oxygens (including phenoxy) is 1. The van der Waals surface area contributed by atoms with E-state index < -0.39 is 4.92 Å². The number of carbonyl (C=O) groups excluding carboxylic acids is 1. The summed E-state index contributed by atoms with van der Waals surface area (Å²) >= 11 is 3.13. The molecule has 0 aromatic heterocycles. The average molecular weight is 302 g/mol. The van der Waals surface area contributed by atoms with Crippen molar-refractivity contribution in [1.29, 1.82) is 0 Å². The number of hydrogen-bond donors (Lipinski definition) is 0. The molecule has 0 spiro atoms. The normalized spacial score (nSPS) is 10.1. The van der Waals surface area contributed by atoms with Crippen LogP contribution in [0.2, 0.25) is 0 Å². The highest BCUT2D eigenvalue weighted by Crippen LogP contribution is 2.30. The predicted molar refractivity (Wildman–Crippen MR) is 65.9 cm³/mol. The zero-order chi connectivity index (χ0) is 13.0. The Bertz CT molecular complexity index is 436. The summed E-state index contributed by atoms with van der Waals surface area (Å²) in [4.78, 5) is 21.6. The molecule has 0 aliphatic carbocycles. The van der Waals surface area contributed by atoms with Crippen LogP contribution in [0.25, 0.3) is 0 Å². The van der Waals surface area contributed by atoms with Crippen LogP contribution in [0.5, 0.6) is 0 Å². The summed E-state index contributed by atoms with van der Waals surface area (Å²) in [5.41, 5.74) is 1.24. The van der Waals surface area contributed by atoms with Gasteiger partial charge in [0.2, 0.25) is 0 Å². The molecule has 0 unspecified atom stereocenters. The number of esters is 1. The molecule has 0 saturated carbocycles. The number of hydrogen-bond acceptors (Lipinski definition) is 4. The van der Waals surface area contributed by atoms with Gasteiger partial charge in [-0.3, -0.25) is 14.9 Å². The number of benzene rings is 1. The molecule has 0 radical (unpaired) electrons. The third-order valence-electron chi connectivity index (χ3n) is 2.15. The van der Waals surface area contributed by atoms with E-state index in [-0.39, 0.29) is 18.1 Å². The zero-order valence-electron chi connectivity index (χ0n) is 9.53. The standard InChI is InChI=1S/C11H12BrNO4/c1-3-17-10(14)6-8-4-7(2)11(13(15)16)9(12)5-8/h4-5H,3,6H2,1-2H3. The fraction of sp³-hybridized carbons (Fsp3) is 0.364. The maximum atomic E-state index is 11.3. The van der Waals surface area contributed by atoms with Gasteiger partial charge in [-0.15, -0.1) is 0 Å². The van der Waals surface area contributed by atoms with E-state index >= 15 is 0 Å². The molecule has 1 aromatic carbocycles. The Labute approximate surface area is 107 Å². The fourth-order valence-corrected chi connectivity index (χ4v) is 2.27. The highest BCUT2D eigenvalue weighted by molar-refractivity contribution is 9.10. The van der Waals surface area contributed by atoms with E-state index in [0.29, 0.717) is 22.2 Å². The fourth-order valence-electron chi connectivity index (χ4n) is 1.52. The van der Waals surface area contributed by atoms with Gasteiger partial charge in [0, 0.05) is 5.56 Å². The van der Waals surface area contributed by atoms with Crippen molar-refractivity contribution in [3.8, 4) is 0 Å². The van der Waals surface area contributed by atoms with E-state index in [9.17, 15) is 14.9 Å². The highest BCUT2D eigenvalue weighted by Gasteiger charge is 2.17. The maximum Gasteiger partial charge on any atom is 0.310 e. The Hall–Kier alpha value is -1.43. The van der Waals surface area contributed by atoms with Gasteiger partial charge in [-0.1, -0.05) is 0 Å². The number of rotatable bonds is 4. The summed E-state index contributed by atoms with van der Waals surface area (Å²) in [5, 5.41) is 10.8. The Morgan fingerprint density at radius 2 is 2.18 bits per heavy atom. The number of nitro benzene ring substituents is 1. The Balaban J connectivity index is 2.98. The first kappa shape index (κ1) is 13.6. The predicted octanol–water partition coefficient (Wildman–Crippen LogP) is 2.77. The lowest BCUT2D eigenvalue weighted by Gasteiger charge is -2.05. The molecule has 0 saturated heterocycles. The minimum Gasteiger partial charge on any atom is -0.466 e. The molecular weight excluding hydrogens is 290 g/mol. The van der Waals surface area contributed by atoms with Crippen LogP contribution in [-0.2, 0) is 16.0 Å². The first-order chi connectivity index (χ1) is 7.95. The summed E-state index contributed by atoms with van der Waals surface area (Å²) in [7, 11) is 0. The van der Waals surface area contributed by atoms with Gasteiger partial charge in [-0.2, -0.15) is 0 Å². The zero-order valence-corrected chi connectivity index (χ0v) is 11.1. The van der Waals surface area contributed by atoms with Gasteiger partial charge in [0.25, 0.3) is 5.69 Å². The van der Waals surface area contributed by atoms with Gasteiger partial charge in [-0.05, 0) is 47.5 Å². The Kier molecular flexibility index (Phi) is 4.62. The molecule has 17 heavy (non-hydrogen) atoms. The van der Waals surface area contributed by atoms with Crippen LogP contribution in [0.4, 0.5) is 5.69 Å². The van der Waals surface area contributed by atoms with E-state index in [1.54, 1.807) is 26.0 Å². The van der Waals surface area contributed by atoms with Crippen LogP contribution < -0.4 is 0 Å². The van der Waals surface area contributed by atoms with Gasteiger partial charge < -0.3 is 4.74 Å². The van der Waals surface area contributed by atoms with Crippen molar-refractivity contribution < 1.29 is 14.5 Å². The summed E-state index contributed by atoms with van der Waals surface area (Å²) in [6, 6.07) is 3.20. The second kappa shape index (κ2) is 5.77. The van der Waals surface area contributed by atoms with Crippen molar-refractivity contribution in [2.75, 3.05) is 6.61 Å². The second-order valence-electron chi connectivity index (χ2n) is 3.48. The van der Waals surface area contributed by atoms with Crippen LogP contribution in [0.15, 0.2) is 16.6 Å². The molecule has 1 rings (SSSR count). The molecule has 92 valence electrons. The van der Waals surface area contributed by atoms with Crippen LogP contribution in [-0.4, -0.2) is 17.5 Å². The molecule has 0 heterocycles. The summed E-state index contributed by atoms with van der Waals surface area (Å²) < 4.78 is 5.19. The van der Waals surface area contributed by atoms with Gasteiger partial charge in [0.1, 0.15) is 0 Å². The monoisotopic (exact) mass is 301 g/mol. The molecule has 0 aliphatic heterocycles. The second-order valence-corrected chi connectivity index (χ2v) is 4.34. The van der Waals surface area contributed by atoms with E-state index in [0.717, 1.165) is 0 Å². The van der Waals surface area contributed by atoms with Crippen molar-refractivity contribution >= 4 is 27.6 Å². The topological polar surface area (TPSA) is 69.4 Å². The van der Waals surface area contributed by atoms with Crippen LogP contribution in [0.3, 0.4) is 0 Å². The molecule has 0 amide bonds. The molecule has 5 nitrogen and oxygen atoms in total. The van der Waals surface area contributed by atoms with Gasteiger partial charge in [0.05, 0.1) is 22.4 Å².